The van der Waals surface area contributed by atoms with Crippen LogP contribution in [0.3, 0.4) is 0 Å². The van der Waals surface area contributed by atoms with E-state index in [1.807, 2.05) is 0 Å². The topological polar surface area (TPSA) is 12.0 Å². The molecule has 0 atom stereocenters. The SMILES string of the molecule is CCc1cccc(C)c1NC1CC(c2ccc(Br)cc2)C1. The molecule has 0 bridgehead atoms. The number of nitrogens with one attached hydrogen (secondary N) is 1. The quantitative estimate of drug-likeness (QED) is 0.753. The predicted molar refractivity (Wildman–Crippen MR) is 94.1 cm³/mol. The average Bonchev–Trinajstić information content (AvgIpc) is 2.45. The minimum atomic E-state index is 0.616. The van der Waals surface area contributed by atoms with E-state index in [0.29, 0.717) is 12.0 Å². The van der Waals surface area contributed by atoms with E-state index < -0.39 is 0 Å². The smallest absolute Gasteiger partial charge is 0.0404 e. The van der Waals surface area contributed by atoms with E-state index in [1.165, 1.54) is 35.2 Å². The highest BCUT2D eigenvalue weighted by molar-refractivity contribution is 9.10. The lowest BCUT2D eigenvalue weighted by molar-refractivity contribution is 0.374. The van der Waals surface area contributed by atoms with Crippen LogP contribution in [0.25, 0.3) is 0 Å². The molecule has 0 saturated heterocycles. The van der Waals surface area contributed by atoms with Crippen molar-refractivity contribution >= 4 is 21.6 Å². The van der Waals surface area contributed by atoms with E-state index in [-0.39, 0.29) is 0 Å². The van der Waals surface area contributed by atoms with Crippen LogP contribution in [0.15, 0.2) is 46.9 Å². The van der Waals surface area contributed by atoms with Gasteiger partial charge in [-0.2, -0.15) is 0 Å². The maximum atomic E-state index is 3.77. The van der Waals surface area contributed by atoms with Crippen LogP contribution in [-0.2, 0) is 6.42 Å². The maximum Gasteiger partial charge on any atom is 0.0404 e. The Labute approximate surface area is 135 Å². The molecular formula is C19H22BrN. The van der Waals surface area contributed by atoms with Gasteiger partial charge in [-0.25, -0.2) is 0 Å². The lowest BCUT2D eigenvalue weighted by Gasteiger charge is -2.37. The molecule has 0 amide bonds. The second-order valence-electron chi connectivity index (χ2n) is 6.02. The van der Waals surface area contributed by atoms with Gasteiger partial charge in [0.25, 0.3) is 0 Å². The number of hydrogen-bond acceptors (Lipinski definition) is 1. The van der Waals surface area contributed by atoms with Gasteiger partial charge in [0.1, 0.15) is 0 Å². The zero-order valence-corrected chi connectivity index (χ0v) is 14.3. The molecule has 21 heavy (non-hydrogen) atoms. The molecule has 2 aromatic carbocycles. The fourth-order valence-corrected chi connectivity index (χ4v) is 3.44. The summed E-state index contributed by atoms with van der Waals surface area (Å²) in [6, 6.07) is 16.0. The molecule has 0 spiro atoms. The van der Waals surface area contributed by atoms with Crippen molar-refractivity contribution in [1.82, 2.24) is 0 Å². The zero-order valence-electron chi connectivity index (χ0n) is 12.7. The van der Waals surface area contributed by atoms with Gasteiger partial charge in [-0.15, -0.1) is 0 Å². The molecule has 0 heterocycles. The lowest BCUT2D eigenvalue weighted by atomic mass is 9.75. The highest BCUT2D eigenvalue weighted by Crippen LogP contribution is 2.39. The Bertz CT molecular complexity index is 612. The molecule has 0 unspecified atom stereocenters. The Balaban J connectivity index is 1.64. The fourth-order valence-electron chi connectivity index (χ4n) is 3.18. The van der Waals surface area contributed by atoms with Crippen molar-refractivity contribution in [2.45, 2.75) is 45.1 Å². The van der Waals surface area contributed by atoms with Gasteiger partial charge < -0.3 is 5.32 Å². The van der Waals surface area contributed by atoms with Gasteiger partial charge in [0.2, 0.25) is 0 Å². The molecule has 3 rings (SSSR count). The molecule has 1 saturated carbocycles. The monoisotopic (exact) mass is 343 g/mol. The maximum absolute atomic E-state index is 3.77. The van der Waals surface area contributed by atoms with Gasteiger partial charge >= 0.3 is 0 Å². The Morgan fingerprint density at radius 2 is 1.81 bits per heavy atom. The third kappa shape index (κ3) is 3.16. The number of para-hydroxylation sites is 1. The van der Waals surface area contributed by atoms with Crippen LogP contribution in [0.1, 0.15) is 42.4 Å². The van der Waals surface area contributed by atoms with Crippen molar-refractivity contribution in [2.75, 3.05) is 5.32 Å². The Kier molecular flexibility index (Phi) is 4.34. The fraction of sp³-hybridized carbons (Fsp3) is 0.368. The van der Waals surface area contributed by atoms with Crippen molar-refractivity contribution < 1.29 is 0 Å². The second-order valence-corrected chi connectivity index (χ2v) is 6.94. The highest BCUT2D eigenvalue weighted by Gasteiger charge is 2.30. The molecule has 1 N–H and O–H groups in total. The van der Waals surface area contributed by atoms with Gasteiger partial charge in [-0.3, -0.25) is 0 Å². The van der Waals surface area contributed by atoms with Crippen LogP contribution in [0.4, 0.5) is 5.69 Å². The Morgan fingerprint density at radius 1 is 1.10 bits per heavy atom. The van der Waals surface area contributed by atoms with Crippen LogP contribution in [0.2, 0.25) is 0 Å². The molecular weight excluding hydrogens is 322 g/mol. The van der Waals surface area contributed by atoms with Crippen LogP contribution < -0.4 is 5.32 Å². The molecule has 1 aliphatic rings. The molecule has 2 heteroatoms. The summed E-state index contributed by atoms with van der Waals surface area (Å²) in [6.45, 7) is 4.43. The summed E-state index contributed by atoms with van der Waals surface area (Å²) in [7, 11) is 0. The van der Waals surface area contributed by atoms with Crippen molar-refractivity contribution in [3.05, 3.63) is 63.6 Å². The van der Waals surface area contributed by atoms with E-state index in [1.54, 1.807) is 0 Å². The first-order valence-electron chi connectivity index (χ1n) is 7.78. The van der Waals surface area contributed by atoms with Crippen LogP contribution in [0, 0.1) is 6.92 Å². The van der Waals surface area contributed by atoms with Gasteiger partial charge in [0.05, 0.1) is 0 Å². The summed E-state index contributed by atoms with van der Waals surface area (Å²) >= 11 is 3.50. The summed E-state index contributed by atoms with van der Waals surface area (Å²) in [4.78, 5) is 0. The van der Waals surface area contributed by atoms with Crippen molar-refractivity contribution in [3.8, 4) is 0 Å². The number of hydrogen-bond donors (Lipinski definition) is 1. The zero-order chi connectivity index (χ0) is 14.8. The molecule has 0 aromatic heterocycles. The number of benzene rings is 2. The first kappa shape index (κ1) is 14.6. The number of rotatable bonds is 4. The van der Waals surface area contributed by atoms with Gasteiger partial charge in [-0.05, 0) is 60.9 Å². The third-order valence-electron chi connectivity index (χ3n) is 4.57. The minimum absolute atomic E-state index is 0.616. The highest BCUT2D eigenvalue weighted by atomic mass is 79.9. The summed E-state index contributed by atoms with van der Waals surface area (Å²) < 4.78 is 1.16. The third-order valence-corrected chi connectivity index (χ3v) is 5.10. The van der Waals surface area contributed by atoms with E-state index in [9.17, 15) is 0 Å². The van der Waals surface area contributed by atoms with Crippen molar-refractivity contribution in [1.29, 1.82) is 0 Å². The second kappa shape index (κ2) is 6.23. The Hall–Kier alpha value is -1.28. The van der Waals surface area contributed by atoms with Gasteiger partial charge in [0.15, 0.2) is 0 Å². The molecule has 2 aromatic rings. The van der Waals surface area contributed by atoms with E-state index in [4.69, 9.17) is 0 Å². The molecule has 1 fully saturated rings. The van der Waals surface area contributed by atoms with Crippen LogP contribution in [-0.4, -0.2) is 6.04 Å². The average molecular weight is 344 g/mol. The van der Waals surface area contributed by atoms with E-state index in [2.05, 4.69) is 77.6 Å². The van der Waals surface area contributed by atoms with Crippen molar-refractivity contribution in [3.63, 3.8) is 0 Å². The van der Waals surface area contributed by atoms with E-state index >= 15 is 0 Å². The summed E-state index contributed by atoms with van der Waals surface area (Å²) in [5.74, 6) is 0.713. The largest absolute Gasteiger partial charge is 0.382 e. The lowest BCUT2D eigenvalue weighted by Crippen LogP contribution is -2.34. The molecule has 1 nitrogen and oxygen atoms in total. The molecule has 0 aliphatic heterocycles. The number of anilines is 1. The first-order valence-corrected chi connectivity index (χ1v) is 8.57. The minimum Gasteiger partial charge on any atom is -0.382 e. The normalized spacial score (nSPS) is 20.9. The summed E-state index contributed by atoms with van der Waals surface area (Å²) in [6.07, 6.45) is 3.56. The predicted octanol–water partition coefficient (Wildman–Crippen LogP) is 5.68. The van der Waals surface area contributed by atoms with Gasteiger partial charge in [-0.1, -0.05) is 53.2 Å². The summed E-state index contributed by atoms with van der Waals surface area (Å²) in [5.41, 5.74) is 5.62. The number of halogens is 1. The molecule has 0 radical (unpaired) electrons. The number of aryl methyl sites for hydroxylation is 2. The molecule has 110 valence electrons. The van der Waals surface area contributed by atoms with Gasteiger partial charge in [0, 0.05) is 16.2 Å². The summed E-state index contributed by atoms with van der Waals surface area (Å²) in [5, 5.41) is 3.77. The Morgan fingerprint density at radius 3 is 2.48 bits per heavy atom. The van der Waals surface area contributed by atoms with Crippen molar-refractivity contribution in [2.24, 2.45) is 0 Å². The first-order chi connectivity index (χ1) is 10.2. The van der Waals surface area contributed by atoms with Crippen LogP contribution >= 0.6 is 15.9 Å². The standard InChI is InChI=1S/C19H22BrN/c1-3-14-6-4-5-13(2)19(14)21-18-11-16(12-18)15-7-9-17(20)10-8-15/h4-10,16,18,21H,3,11-12H2,1-2H3. The molecule has 1 aliphatic carbocycles. The van der Waals surface area contributed by atoms with Crippen LogP contribution in [0.5, 0.6) is 0 Å². The van der Waals surface area contributed by atoms with E-state index in [0.717, 1.165) is 10.9 Å².